The Morgan fingerprint density at radius 3 is 2.62 bits per heavy atom. The van der Waals surface area contributed by atoms with Crippen molar-refractivity contribution in [3.05, 3.63) is 59.8 Å². The molecule has 1 aliphatic rings. The van der Waals surface area contributed by atoms with E-state index in [9.17, 15) is 23.1 Å². The standard InChI is InChI=1S/C19H14F3N3O4/c1-24(12-5-6-14-15(8-12)29-10-28-14)18(27)11-3-2-4-13(7-11)25-17(26)9-16(23-25)19(20,21)22/h2-9,26H,10H2,1H3. The molecule has 4 rings (SSSR count). The summed E-state index contributed by atoms with van der Waals surface area (Å²) in [5.41, 5.74) is -0.371. The fraction of sp³-hybridized carbons (Fsp3) is 0.158. The average Bonchev–Trinajstić information content (AvgIpc) is 3.32. The Morgan fingerprint density at radius 1 is 1.14 bits per heavy atom. The molecule has 3 aromatic rings. The van der Waals surface area contributed by atoms with E-state index < -0.39 is 23.7 Å². The molecule has 7 nitrogen and oxygen atoms in total. The number of ether oxygens (including phenoxy) is 2. The topological polar surface area (TPSA) is 76.8 Å². The highest BCUT2D eigenvalue weighted by atomic mass is 19.4. The number of benzene rings is 2. The van der Waals surface area contributed by atoms with Crippen LogP contribution in [0.25, 0.3) is 5.69 Å². The zero-order valence-electron chi connectivity index (χ0n) is 15.0. The van der Waals surface area contributed by atoms with Crippen LogP contribution in [-0.4, -0.2) is 34.6 Å². The number of halogens is 3. The van der Waals surface area contributed by atoms with Crippen molar-refractivity contribution in [3.63, 3.8) is 0 Å². The molecule has 29 heavy (non-hydrogen) atoms. The molecule has 1 aliphatic heterocycles. The zero-order valence-corrected chi connectivity index (χ0v) is 15.0. The lowest BCUT2D eigenvalue weighted by Gasteiger charge is -2.18. The summed E-state index contributed by atoms with van der Waals surface area (Å²) in [6.45, 7) is 0.103. The maximum Gasteiger partial charge on any atom is 0.435 e. The Labute approximate surface area is 162 Å². The van der Waals surface area contributed by atoms with Crippen LogP contribution >= 0.6 is 0 Å². The molecule has 0 aliphatic carbocycles. The third kappa shape index (κ3) is 3.44. The number of carbonyl (C=O) groups excluding carboxylic acids is 1. The van der Waals surface area contributed by atoms with Gasteiger partial charge in [-0.25, -0.2) is 4.68 Å². The summed E-state index contributed by atoms with van der Waals surface area (Å²) in [6.07, 6.45) is -4.70. The van der Waals surface area contributed by atoms with Gasteiger partial charge in [-0.15, -0.1) is 0 Å². The molecule has 0 bridgehead atoms. The van der Waals surface area contributed by atoms with Gasteiger partial charge in [0.1, 0.15) is 0 Å². The Balaban J connectivity index is 1.63. The second-order valence-electron chi connectivity index (χ2n) is 6.25. The summed E-state index contributed by atoms with van der Waals surface area (Å²) in [6, 6.07) is 11.3. The highest BCUT2D eigenvalue weighted by Crippen LogP contribution is 2.36. The maximum absolute atomic E-state index is 12.9. The van der Waals surface area contributed by atoms with Crippen LogP contribution in [0.2, 0.25) is 0 Å². The third-order valence-electron chi connectivity index (χ3n) is 4.37. The second kappa shape index (κ2) is 6.73. The Kier molecular flexibility index (Phi) is 4.33. The predicted molar refractivity (Wildman–Crippen MR) is 95.5 cm³/mol. The molecule has 0 saturated carbocycles. The van der Waals surface area contributed by atoms with Gasteiger partial charge in [0.15, 0.2) is 17.2 Å². The van der Waals surface area contributed by atoms with Gasteiger partial charge in [-0.05, 0) is 30.3 Å². The molecular weight excluding hydrogens is 391 g/mol. The van der Waals surface area contributed by atoms with Crippen molar-refractivity contribution in [1.29, 1.82) is 0 Å². The van der Waals surface area contributed by atoms with E-state index in [1.165, 1.54) is 29.2 Å². The number of alkyl halides is 3. The maximum atomic E-state index is 12.9. The molecule has 0 radical (unpaired) electrons. The largest absolute Gasteiger partial charge is 0.493 e. The van der Waals surface area contributed by atoms with Crippen molar-refractivity contribution in [2.45, 2.75) is 6.18 Å². The van der Waals surface area contributed by atoms with Gasteiger partial charge in [0.05, 0.1) is 5.69 Å². The third-order valence-corrected chi connectivity index (χ3v) is 4.37. The van der Waals surface area contributed by atoms with Gasteiger partial charge in [-0.3, -0.25) is 4.79 Å². The first-order valence-corrected chi connectivity index (χ1v) is 8.38. The Hall–Kier alpha value is -3.69. The summed E-state index contributed by atoms with van der Waals surface area (Å²) in [5.74, 6) is -0.0114. The van der Waals surface area contributed by atoms with Gasteiger partial charge in [-0.2, -0.15) is 18.3 Å². The Bertz CT molecular complexity index is 1090. The lowest BCUT2D eigenvalue weighted by atomic mass is 10.1. The van der Waals surface area contributed by atoms with Crippen molar-refractivity contribution in [3.8, 4) is 23.1 Å². The van der Waals surface area contributed by atoms with E-state index in [1.54, 1.807) is 25.2 Å². The highest BCUT2D eigenvalue weighted by molar-refractivity contribution is 6.06. The zero-order chi connectivity index (χ0) is 20.8. The summed E-state index contributed by atoms with van der Waals surface area (Å²) in [5, 5.41) is 13.2. The number of hydrogen-bond donors (Lipinski definition) is 1. The van der Waals surface area contributed by atoms with Crippen molar-refractivity contribution >= 4 is 11.6 Å². The Morgan fingerprint density at radius 2 is 1.90 bits per heavy atom. The number of anilines is 1. The van der Waals surface area contributed by atoms with Gasteiger partial charge in [0.2, 0.25) is 12.7 Å². The molecule has 0 unspecified atom stereocenters. The minimum absolute atomic E-state index is 0.103. The average molecular weight is 405 g/mol. The number of hydrogen-bond acceptors (Lipinski definition) is 5. The first-order chi connectivity index (χ1) is 13.7. The molecule has 1 N–H and O–H groups in total. The molecule has 0 fully saturated rings. The normalized spacial score (nSPS) is 12.8. The fourth-order valence-electron chi connectivity index (χ4n) is 2.88. The summed E-state index contributed by atoms with van der Waals surface area (Å²) >= 11 is 0. The van der Waals surface area contributed by atoms with E-state index in [1.807, 2.05) is 0 Å². The number of aromatic hydroxyl groups is 1. The van der Waals surface area contributed by atoms with E-state index in [4.69, 9.17) is 9.47 Å². The van der Waals surface area contributed by atoms with Crippen LogP contribution in [0.1, 0.15) is 16.1 Å². The summed E-state index contributed by atoms with van der Waals surface area (Å²) in [7, 11) is 1.56. The quantitative estimate of drug-likeness (QED) is 0.721. The molecular formula is C19H14F3N3O4. The van der Waals surface area contributed by atoms with Gasteiger partial charge < -0.3 is 19.5 Å². The summed E-state index contributed by atoms with van der Waals surface area (Å²) < 4.78 is 49.7. The highest BCUT2D eigenvalue weighted by Gasteiger charge is 2.35. The van der Waals surface area contributed by atoms with Crippen molar-refractivity contribution in [2.75, 3.05) is 18.7 Å². The van der Waals surface area contributed by atoms with Gasteiger partial charge in [-0.1, -0.05) is 6.07 Å². The minimum atomic E-state index is -4.70. The number of carbonyl (C=O) groups is 1. The lowest BCUT2D eigenvalue weighted by molar-refractivity contribution is -0.141. The minimum Gasteiger partial charge on any atom is -0.493 e. The van der Waals surface area contributed by atoms with E-state index in [0.29, 0.717) is 23.3 Å². The van der Waals surface area contributed by atoms with Crippen LogP contribution in [-0.2, 0) is 6.18 Å². The molecule has 1 amide bonds. The SMILES string of the molecule is CN(C(=O)c1cccc(-n2nc(C(F)(F)F)cc2O)c1)c1ccc2c(c1)OCO2. The molecule has 2 aromatic carbocycles. The smallest absolute Gasteiger partial charge is 0.435 e. The van der Waals surface area contributed by atoms with E-state index in [0.717, 1.165) is 4.68 Å². The number of amides is 1. The number of rotatable bonds is 3. The number of aromatic nitrogens is 2. The second-order valence-corrected chi connectivity index (χ2v) is 6.25. The van der Waals surface area contributed by atoms with Crippen LogP contribution in [0.4, 0.5) is 18.9 Å². The van der Waals surface area contributed by atoms with Crippen molar-refractivity contribution in [1.82, 2.24) is 9.78 Å². The molecule has 10 heteroatoms. The van der Waals surface area contributed by atoms with E-state index in [2.05, 4.69) is 5.10 Å². The van der Waals surface area contributed by atoms with Gasteiger partial charge in [0, 0.05) is 30.4 Å². The first kappa shape index (κ1) is 18.7. The molecule has 0 saturated heterocycles. The fourth-order valence-corrected chi connectivity index (χ4v) is 2.88. The van der Waals surface area contributed by atoms with Crippen LogP contribution in [0, 0.1) is 0 Å². The van der Waals surface area contributed by atoms with E-state index >= 15 is 0 Å². The summed E-state index contributed by atoms with van der Waals surface area (Å²) in [4.78, 5) is 14.2. The molecule has 2 heterocycles. The molecule has 0 atom stereocenters. The van der Waals surface area contributed by atoms with Gasteiger partial charge >= 0.3 is 6.18 Å². The van der Waals surface area contributed by atoms with Gasteiger partial charge in [0.25, 0.3) is 5.91 Å². The number of fused-ring (bicyclic) bond motifs is 1. The van der Waals surface area contributed by atoms with E-state index in [-0.39, 0.29) is 18.0 Å². The monoisotopic (exact) mass is 405 g/mol. The predicted octanol–water partition coefficient (Wildman–Crippen LogP) is 3.60. The van der Waals surface area contributed by atoms with Crippen LogP contribution in [0.3, 0.4) is 0 Å². The number of nitrogens with zero attached hydrogens (tertiary/aromatic N) is 3. The van der Waals surface area contributed by atoms with Crippen LogP contribution in [0.15, 0.2) is 48.5 Å². The van der Waals surface area contributed by atoms with Crippen LogP contribution in [0.5, 0.6) is 17.4 Å². The molecule has 0 spiro atoms. The molecule has 1 aromatic heterocycles. The van der Waals surface area contributed by atoms with Crippen LogP contribution < -0.4 is 14.4 Å². The van der Waals surface area contributed by atoms with Crippen molar-refractivity contribution < 1.29 is 32.5 Å². The lowest BCUT2D eigenvalue weighted by Crippen LogP contribution is -2.26. The molecule has 150 valence electrons. The van der Waals surface area contributed by atoms with Crippen molar-refractivity contribution in [2.24, 2.45) is 0 Å². The first-order valence-electron chi connectivity index (χ1n) is 8.38.